The minimum atomic E-state index is 0.335. The number of aryl methyl sites for hydroxylation is 1. The molecule has 20 heavy (non-hydrogen) atoms. The van der Waals surface area contributed by atoms with Gasteiger partial charge in [-0.25, -0.2) is 4.98 Å². The lowest BCUT2D eigenvalue weighted by Gasteiger charge is -2.22. The number of pyridine rings is 1. The molecule has 0 aliphatic rings. The average molecular weight is 287 g/mol. The molecule has 0 bridgehead atoms. The summed E-state index contributed by atoms with van der Waals surface area (Å²) in [6, 6.07) is 11.5. The Hall–Kier alpha value is -2.14. The van der Waals surface area contributed by atoms with Crippen LogP contribution < -0.4 is 15.4 Å². The summed E-state index contributed by atoms with van der Waals surface area (Å²) in [4.78, 5) is 6.83. The van der Waals surface area contributed by atoms with E-state index >= 15 is 0 Å². The van der Waals surface area contributed by atoms with Gasteiger partial charge in [0.05, 0.1) is 12.7 Å². The van der Waals surface area contributed by atoms with E-state index in [4.69, 9.17) is 22.7 Å². The molecular weight excluding hydrogens is 270 g/mol. The molecule has 0 saturated heterocycles. The van der Waals surface area contributed by atoms with Gasteiger partial charge >= 0.3 is 0 Å². The second-order valence-corrected chi connectivity index (χ2v) is 4.89. The number of nitrogens with zero attached hydrogens (tertiary/aromatic N) is 2. The molecule has 0 aliphatic carbocycles. The van der Waals surface area contributed by atoms with Crippen LogP contribution in [0.15, 0.2) is 36.4 Å². The smallest absolute Gasteiger partial charge is 0.143 e. The summed E-state index contributed by atoms with van der Waals surface area (Å²) < 4.78 is 5.24. The normalized spacial score (nSPS) is 10.2. The molecule has 0 atom stereocenters. The number of hydrogen-bond acceptors (Lipinski definition) is 4. The molecule has 1 heterocycles. The summed E-state index contributed by atoms with van der Waals surface area (Å²) in [7, 11) is 3.57. The van der Waals surface area contributed by atoms with Crippen LogP contribution in [0.1, 0.15) is 11.3 Å². The van der Waals surface area contributed by atoms with Crippen LogP contribution >= 0.6 is 12.2 Å². The first-order valence-corrected chi connectivity index (χ1v) is 6.59. The van der Waals surface area contributed by atoms with Crippen molar-refractivity contribution in [1.29, 1.82) is 0 Å². The molecule has 0 amide bonds. The maximum atomic E-state index is 5.78. The van der Waals surface area contributed by atoms with E-state index in [-0.39, 0.29) is 0 Å². The van der Waals surface area contributed by atoms with Crippen molar-refractivity contribution in [2.75, 3.05) is 19.1 Å². The maximum absolute atomic E-state index is 5.78. The number of anilines is 2. The van der Waals surface area contributed by atoms with Crippen molar-refractivity contribution < 1.29 is 4.74 Å². The Morgan fingerprint density at radius 2 is 2.05 bits per heavy atom. The van der Waals surface area contributed by atoms with Crippen LogP contribution in [0.25, 0.3) is 0 Å². The summed E-state index contributed by atoms with van der Waals surface area (Å²) in [5.74, 6) is 1.53. The van der Waals surface area contributed by atoms with Crippen molar-refractivity contribution in [1.82, 2.24) is 4.98 Å². The number of methoxy groups -OCH3 is 1. The van der Waals surface area contributed by atoms with Crippen LogP contribution in [0.2, 0.25) is 0 Å². The maximum Gasteiger partial charge on any atom is 0.143 e. The van der Waals surface area contributed by atoms with Gasteiger partial charge in [-0.15, -0.1) is 0 Å². The summed E-state index contributed by atoms with van der Waals surface area (Å²) in [5.41, 5.74) is 8.41. The number of thiocarbonyl (C=S) groups is 1. The fraction of sp³-hybridized carbons (Fsp3) is 0.200. The Balaban J connectivity index is 2.49. The predicted octanol–water partition coefficient (Wildman–Crippen LogP) is 2.80. The number of hydrogen-bond donors (Lipinski definition) is 1. The second kappa shape index (κ2) is 5.88. The average Bonchev–Trinajstić information content (AvgIpc) is 2.46. The summed E-state index contributed by atoms with van der Waals surface area (Å²) in [5, 5.41) is 0. The lowest BCUT2D eigenvalue weighted by molar-refractivity contribution is 0.415. The molecule has 5 heteroatoms. The molecule has 1 aromatic carbocycles. The number of aromatic nitrogens is 1. The highest BCUT2D eigenvalue weighted by Crippen LogP contribution is 2.28. The topological polar surface area (TPSA) is 51.4 Å². The Morgan fingerprint density at radius 3 is 2.70 bits per heavy atom. The molecular formula is C15H17N3OS. The van der Waals surface area contributed by atoms with Gasteiger partial charge in [0.15, 0.2) is 0 Å². The van der Waals surface area contributed by atoms with Gasteiger partial charge in [0.25, 0.3) is 0 Å². The first-order valence-electron chi connectivity index (χ1n) is 6.18. The Labute approximate surface area is 124 Å². The summed E-state index contributed by atoms with van der Waals surface area (Å²) in [6.45, 7) is 1.94. The molecule has 4 nitrogen and oxygen atoms in total. The van der Waals surface area contributed by atoms with Gasteiger partial charge in [0.1, 0.15) is 16.6 Å². The minimum Gasteiger partial charge on any atom is -0.497 e. The summed E-state index contributed by atoms with van der Waals surface area (Å²) >= 11 is 5.10. The van der Waals surface area contributed by atoms with Gasteiger partial charge in [0.2, 0.25) is 0 Å². The number of rotatable bonds is 4. The van der Waals surface area contributed by atoms with Crippen LogP contribution in [0.3, 0.4) is 0 Å². The van der Waals surface area contributed by atoms with Crippen molar-refractivity contribution in [3.8, 4) is 5.75 Å². The lowest BCUT2D eigenvalue weighted by Crippen LogP contribution is -2.19. The van der Waals surface area contributed by atoms with E-state index in [1.165, 1.54) is 0 Å². The van der Waals surface area contributed by atoms with Gasteiger partial charge in [-0.1, -0.05) is 18.3 Å². The van der Waals surface area contributed by atoms with Gasteiger partial charge in [0, 0.05) is 24.5 Å². The van der Waals surface area contributed by atoms with E-state index in [2.05, 4.69) is 4.98 Å². The van der Waals surface area contributed by atoms with Crippen molar-refractivity contribution in [2.24, 2.45) is 5.73 Å². The highest BCUT2D eigenvalue weighted by Gasteiger charge is 2.13. The van der Waals surface area contributed by atoms with Crippen LogP contribution in [-0.2, 0) is 0 Å². The first-order chi connectivity index (χ1) is 9.52. The van der Waals surface area contributed by atoms with Crippen LogP contribution in [0.4, 0.5) is 11.5 Å². The zero-order chi connectivity index (χ0) is 14.7. The van der Waals surface area contributed by atoms with E-state index < -0.39 is 0 Å². The minimum absolute atomic E-state index is 0.335. The monoisotopic (exact) mass is 287 g/mol. The SMILES string of the molecule is COc1cccc(N(C)c2nc(C)ccc2C(N)=S)c1. The quantitative estimate of drug-likeness (QED) is 0.876. The fourth-order valence-electron chi connectivity index (χ4n) is 1.93. The fourth-order valence-corrected chi connectivity index (χ4v) is 2.09. The van der Waals surface area contributed by atoms with E-state index in [0.29, 0.717) is 4.99 Å². The van der Waals surface area contributed by atoms with E-state index in [1.54, 1.807) is 7.11 Å². The number of benzene rings is 1. The molecule has 1 aromatic heterocycles. The predicted molar refractivity (Wildman–Crippen MR) is 85.9 cm³/mol. The second-order valence-electron chi connectivity index (χ2n) is 4.45. The zero-order valence-corrected chi connectivity index (χ0v) is 12.6. The molecule has 0 fully saturated rings. The van der Waals surface area contributed by atoms with Crippen molar-refractivity contribution in [3.05, 3.63) is 47.7 Å². The number of ether oxygens (including phenoxy) is 1. The first kappa shape index (κ1) is 14.3. The largest absolute Gasteiger partial charge is 0.497 e. The Morgan fingerprint density at radius 1 is 1.30 bits per heavy atom. The van der Waals surface area contributed by atoms with Gasteiger partial charge < -0.3 is 15.4 Å². The van der Waals surface area contributed by atoms with Crippen molar-refractivity contribution in [2.45, 2.75) is 6.92 Å². The highest BCUT2D eigenvalue weighted by atomic mass is 32.1. The van der Waals surface area contributed by atoms with Gasteiger partial charge in [-0.3, -0.25) is 0 Å². The molecule has 104 valence electrons. The molecule has 2 N–H and O–H groups in total. The van der Waals surface area contributed by atoms with E-state index in [9.17, 15) is 0 Å². The van der Waals surface area contributed by atoms with E-state index in [0.717, 1.165) is 28.5 Å². The van der Waals surface area contributed by atoms with Crippen LogP contribution in [0, 0.1) is 6.92 Å². The molecule has 2 aromatic rings. The van der Waals surface area contributed by atoms with Gasteiger partial charge in [-0.05, 0) is 31.2 Å². The Kier molecular flexibility index (Phi) is 4.20. The molecule has 0 aliphatic heterocycles. The lowest BCUT2D eigenvalue weighted by atomic mass is 10.2. The molecule has 0 saturated carbocycles. The zero-order valence-electron chi connectivity index (χ0n) is 11.8. The van der Waals surface area contributed by atoms with Crippen molar-refractivity contribution >= 4 is 28.7 Å². The number of nitrogens with two attached hydrogens (primary N) is 1. The molecule has 2 rings (SSSR count). The standard InChI is InChI=1S/C15H17N3OS/c1-10-7-8-13(14(16)20)15(17-10)18(2)11-5-4-6-12(9-11)19-3/h4-9H,1-3H3,(H2,16,20). The summed E-state index contributed by atoms with van der Waals surface area (Å²) in [6.07, 6.45) is 0. The van der Waals surface area contributed by atoms with Crippen LogP contribution in [-0.4, -0.2) is 24.1 Å². The third-order valence-electron chi connectivity index (χ3n) is 3.04. The molecule has 0 spiro atoms. The van der Waals surface area contributed by atoms with E-state index in [1.807, 2.05) is 55.3 Å². The highest BCUT2D eigenvalue weighted by molar-refractivity contribution is 7.80. The molecule has 0 unspecified atom stereocenters. The third kappa shape index (κ3) is 2.88. The van der Waals surface area contributed by atoms with Crippen molar-refractivity contribution in [3.63, 3.8) is 0 Å². The third-order valence-corrected chi connectivity index (χ3v) is 3.26. The Bertz CT molecular complexity index is 643. The van der Waals surface area contributed by atoms with Crippen LogP contribution in [0.5, 0.6) is 5.75 Å². The molecule has 0 radical (unpaired) electrons. The van der Waals surface area contributed by atoms with Gasteiger partial charge in [-0.2, -0.15) is 0 Å².